The quantitative estimate of drug-likeness (QED) is 0.795. The third kappa shape index (κ3) is 2.64. The molecule has 2 aromatic heterocycles. The lowest BCUT2D eigenvalue weighted by Crippen LogP contribution is -1.99. The average molecular weight is 290 g/mol. The van der Waals surface area contributed by atoms with E-state index < -0.39 is 0 Å². The molecule has 0 aliphatic rings. The van der Waals surface area contributed by atoms with Crippen LogP contribution in [0.2, 0.25) is 4.34 Å². The molecule has 3 aromatic rings. The van der Waals surface area contributed by atoms with Crippen LogP contribution in [0.3, 0.4) is 0 Å². The fourth-order valence-electron chi connectivity index (χ4n) is 1.95. The highest BCUT2D eigenvalue weighted by molar-refractivity contribution is 7.14. The van der Waals surface area contributed by atoms with E-state index in [9.17, 15) is 0 Å². The SMILES string of the molecule is Nc1cn(Cc2ccccc2)nc1-c1csc(Cl)c1. The van der Waals surface area contributed by atoms with Gasteiger partial charge in [0.25, 0.3) is 0 Å². The van der Waals surface area contributed by atoms with Gasteiger partial charge in [0.15, 0.2) is 0 Å². The molecule has 5 heteroatoms. The van der Waals surface area contributed by atoms with E-state index in [1.165, 1.54) is 16.9 Å². The highest BCUT2D eigenvalue weighted by Gasteiger charge is 2.10. The maximum absolute atomic E-state index is 6.01. The number of benzene rings is 1. The van der Waals surface area contributed by atoms with Crippen molar-refractivity contribution in [2.45, 2.75) is 6.54 Å². The van der Waals surface area contributed by atoms with Crippen molar-refractivity contribution in [3.63, 3.8) is 0 Å². The van der Waals surface area contributed by atoms with Gasteiger partial charge >= 0.3 is 0 Å². The smallest absolute Gasteiger partial charge is 0.116 e. The van der Waals surface area contributed by atoms with Crippen molar-refractivity contribution in [2.75, 3.05) is 5.73 Å². The van der Waals surface area contributed by atoms with E-state index in [-0.39, 0.29) is 0 Å². The predicted octanol–water partition coefficient (Wildman–Crippen LogP) is 3.90. The van der Waals surface area contributed by atoms with Crippen LogP contribution < -0.4 is 5.73 Å². The van der Waals surface area contributed by atoms with E-state index in [1.807, 2.05) is 40.5 Å². The number of hydrogen-bond donors (Lipinski definition) is 1. The fraction of sp³-hybridized carbons (Fsp3) is 0.0714. The second kappa shape index (κ2) is 5.07. The summed E-state index contributed by atoms with van der Waals surface area (Å²) in [7, 11) is 0. The number of hydrogen-bond acceptors (Lipinski definition) is 3. The molecule has 2 heterocycles. The molecule has 19 heavy (non-hydrogen) atoms. The summed E-state index contributed by atoms with van der Waals surface area (Å²) < 4.78 is 2.60. The van der Waals surface area contributed by atoms with Gasteiger partial charge in [-0.15, -0.1) is 11.3 Å². The van der Waals surface area contributed by atoms with Crippen LogP contribution >= 0.6 is 22.9 Å². The molecule has 0 spiro atoms. The number of nitrogens with two attached hydrogens (primary N) is 1. The van der Waals surface area contributed by atoms with Gasteiger partial charge in [-0.25, -0.2) is 0 Å². The lowest BCUT2D eigenvalue weighted by atomic mass is 10.2. The Morgan fingerprint density at radius 1 is 1.26 bits per heavy atom. The number of halogens is 1. The zero-order valence-corrected chi connectivity index (χ0v) is 11.7. The van der Waals surface area contributed by atoms with Crippen molar-refractivity contribution in [3.8, 4) is 11.3 Å². The molecule has 3 rings (SSSR count). The summed E-state index contributed by atoms with van der Waals surface area (Å²) in [6, 6.07) is 12.1. The maximum atomic E-state index is 6.01. The van der Waals surface area contributed by atoms with Gasteiger partial charge in [-0.05, 0) is 11.6 Å². The van der Waals surface area contributed by atoms with Crippen molar-refractivity contribution in [1.29, 1.82) is 0 Å². The van der Waals surface area contributed by atoms with E-state index in [0.717, 1.165) is 15.6 Å². The minimum absolute atomic E-state index is 0.672. The van der Waals surface area contributed by atoms with Crippen LogP contribution in [0.5, 0.6) is 0 Å². The highest BCUT2D eigenvalue weighted by Crippen LogP contribution is 2.31. The number of thiophene rings is 1. The number of nitrogen functional groups attached to an aromatic ring is 1. The van der Waals surface area contributed by atoms with E-state index in [0.29, 0.717) is 12.2 Å². The van der Waals surface area contributed by atoms with E-state index in [4.69, 9.17) is 17.3 Å². The van der Waals surface area contributed by atoms with Crippen LogP contribution in [0.15, 0.2) is 48.0 Å². The molecular formula is C14H12ClN3S. The van der Waals surface area contributed by atoms with Crippen molar-refractivity contribution < 1.29 is 0 Å². The number of anilines is 1. The summed E-state index contributed by atoms with van der Waals surface area (Å²) in [5, 5.41) is 6.49. The Balaban J connectivity index is 1.89. The van der Waals surface area contributed by atoms with Gasteiger partial charge in [0, 0.05) is 17.1 Å². The lowest BCUT2D eigenvalue weighted by molar-refractivity contribution is 0.689. The average Bonchev–Trinajstić information content (AvgIpc) is 2.97. The minimum Gasteiger partial charge on any atom is -0.396 e. The number of nitrogens with zero attached hydrogens (tertiary/aromatic N) is 2. The van der Waals surface area contributed by atoms with Gasteiger partial charge in [-0.1, -0.05) is 41.9 Å². The number of rotatable bonds is 3. The molecule has 0 atom stereocenters. The molecule has 3 nitrogen and oxygen atoms in total. The van der Waals surface area contributed by atoms with Gasteiger partial charge in [-0.2, -0.15) is 5.10 Å². The summed E-state index contributed by atoms with van der Waals surface area (Å²) in [5.74, 6) is 0. The minimum atomic E-state index is 0.672. The molecule has 0 radical (unpaired) electrons. The van der Waals surface area contributed by atoms with Crippen LogP contribution in [0.4, 0.5) is 5.69 Å². The third-order valence-electron chi connectivity index (χ3n) is 2.82. The van der Waals surface area contributed by atoms with Crippen molar-refractivity contribution in [1.82, 2.24) is 9.78 Å². The Hall–Kier alpha value is -1.78. The summed E-state index contributed by atoms with van der Waals surface area (Å²) in [4.78, 5) is 0. The Labute approximate surface area is 120 Å². The van der Waals surface area contributed by atoms with E-state index in [2.05, 4.69) is 17.2 Å². The molecular weight excluding hydrogens is 278 g/mol. The molecule has 0 unspecified atom stereocenters. The van der Waals surface area contributed by atoms with Crippen molar-refractivity contribution >= 4 is 28.6 Å². The van der Waals surface area contributed by atoms with Gasteiger partial charge in [-0.3, -0.25) is 4.68 Å². The summed E-state index contributed by atoms with van der Waals surface area (Å²) in [5.41, 5.74) is 9.64. The highest BCUT2D eigenvalue weighted by atomic mass is 35.5. The zero-order valence-electron chi connectivity index (χ0n) is 10.1. The van der Waals surface area contributed by atoms with Gasteiger partial charge < -0.3 is 5.73 Å². The largest absolute Gasteiger partial charge is 0.396 e. The first-order valence-electron chi connectivity index (χ1n) is 5.83. The summed E-state index contributed by atoms with van der Waals surface area (Å²) in [6.07, 6.45) is 1.86. The fourth-order valence-corrected chi connectivity index (χ4v) is 2.81. The van der Waals surface area contributed by atoms with Crippen molar-refractivity contribution in [3.05, 3.63) is 57.9 Å². The van der Waals surface area contributed by atoms with Crippen LogP contribution in [0, 0.1) is 0 Å². The molecule has 0 amide bonds. The molecule has 0 bridgehead atoms. The Kier molecular flexibility index (Phi) is 3.27. The zero-order chi connectivity index (χ0) is 13.2. The Morgan fingerprint density at radius 3 is 2.74 bits per heavy atom. The first kappa shape index (κ1) is 12.3. The van der Waals surface area contributed by atoms with Gasteiger partial charge in [0.1, 0.15) is 5.69 Å². The normalized spacial score (nSPS) is 10.8. The molecule has 0 fully saturated rings. The molecule has 1 aromatic carbocycles. The first-order chi connectivity index (χ1) is 9.22. The van der Waals surface area contributed by atoms with Crippen molar-refractivity contribution in [2.24, 2.45) is 0 Å². The van der Waals surface area contributed by atoms with Crippen LogP contribution in [0.1, 0.15) is 5.56 Å². The molecule has 2 N–H and O–H groups in total. The van der Waals surface area contributed by atoms with E-state index >= 15 is 0 Å². The topological polar surface area (TPSA) is 43.8 Å². The van der Waals surface area contributed by atoms with Gasteiger partial charge in [0.05, 0.1) is 16.6 Å². The monoisotopic (exact) mass is 289 g/mol. The summed E-state index contributed by atoms with van der Waals surface area (Å²) in [6.45, 7) is 0.711. The number of aromatic nitrogens is 2. The third-order valence-corrected chi connectivity index (χ3v) is 3.91. The second-order valence-corrected chi connectivity index (χ2v) is 5.80. The molecule has 0 saturated carbocycles. The van der Waals surface area contributed by atoms with Gasteiger partial charge in [0.2, 0.25) is 0 Å². The first-order valence-corrected chi connectivity index (χ1v) is 7.09. The van der Waals surface area contributed by atoms with E-state index in [1.54, 1.807) is 0 Å². The second-order valence-electron chi connectivity index (χ2n) is 4.26. The molecule has 0 aliphatic heterocycles. The van der Waals surface area contributed by atoms with Crippen LogP contribution in [-0.4, -0.2) is 9.78 Å². The summed E-state index contributed by atoms with van der Waals surface area (Å²) >= 11 is 7.42. The molecule has 0 aliphatic carbocycles. The predicted molar refractivity (Wildman–Crippen MR) is 80.5 cm³/mol. The Morgan fingerprint density at radius 2 is 2.05 bits per heavy atom. The van der Waals surface area contributed by atoms with Crippen LogP contribution in [-0.2, 0) is 6.54 Å². The lowest BCUT2D eigenvalue weighted by Gasteiger charge is -2.00. The maximum Gasteiger partial charge on any atom is 0.116 e. The standard InChI is InChI=1S/C14H12ClN3S/c15-13-6-11(9-19-13)14-12(16)8-18(17-14)7-10-4-2-1-3-5-10/h1-6,8-9H,7,16H2. The molecule has 96 valence electrons. The molecule has 0 saturated heterocycles. The Bertz CT molecular complexity index is 688. The van der Waals surface area contributed by atoms with Crippen LogP contribution in [0.25, 0.3) is 11.3 Å².